The first kappa shape index (κ1) is 18.5. The Bertz CT molecular complexity index is 726. The molecule has 1 aromatic heterocycles. The summed E-state index contributed by atoms with van der Waals surface area (Å²) in [5, 5.41) is 8.43. The standard InChI is InChI=1S/C17H23N3O2S2/c1-2-18-17(19-11-10-15-7-6-13-23-15)20-12-14-24(21,22)16-8-4-3-5-9-16/h3-9,13H,2,10-12,14H2,1H3,(H2,18,19,20). The predicted molar refractivity (Wildman–Crippen MR) is 100 cm³/mol. The minimum absolute atomic E-state index is 0.00148. The van der Waals surface area contributed by atoms with Gasteiger partial charge in [0.2, 0.25) is 0 Å². The second-order valence-corrected chi connectivity index (χ2v) is 8.29. The molecule has 5 nitrogen and oxygen atoms in total. The summed E-state index contributed by atoms with van der Waals surface area (Å²) in [6, 6.07) is 12.6. The first-order valence-electron chi connectivity index (χ1n) is 7.94. The Morgan fingerprint density at radius 1 is 1.12 bits per heavy atom. The molecule has 0 bridgehead atoms. The molecule has 0 aliphatic heterocycles. The molecule has 0 spiro atoms. The van der Waals surface area contributed by atoms with Gasteiger partial charge in [0.25, 0.3) is 0 Å². The summed E-state index contributed by atoms with van der Waals surface area (Å²) in [7, 11) is -3.29. The molecule has 2 N–H and O–H groups in total. The molecule has 7 heteroatoms. The van der Waals surface area contributed by atoms with E-state index in [9.17, 15) is 8.42 Å². The van der Waals surface area contributed by atoms with Gasteiger partial charge in [-0.15, -0.1) is 11.3 Å². The van der Waals surface area contributed by atoms with Crippen molar-refractivity contribution in [3.63, 3.8) is 0 Å². The van der Waals surface area contributed by atoms with Gasteiger partial charge in [-0.2, -0.15) is 0 Å². The molecule has 0 radical (unpaired) electrons. The van der Waals surface area contributed by atoms with E-state index in [2.05, 4.69) is 27.1 Å². The maximum absolute atomic E-state index is 12.2. The first-order chi connectivity index (χ1) is 11.6. The Balaban J connectivity index is 1.86. The van der Waals surface area contributed by atoms with Crippen LogP contribution in [0.5, 0.6) is 0 Å². The van der Waals surface area contributed by atoms with Gasteiger partial charge in [0.15, 0.2) is 15.8 Å². The van der Waals surface area contributed by atoms with Crippen LogP contribution in [0.2, 0.25) is 0 Å². The average Bonchev–Trinajstić information content (AvgIpc) is 3.09. The van der Waals surface area contributed by atoms with Gasteiger partial charge in [-0.1, -0.05) is 24.3 Å². The maximum Gasteiger partial charge on any atom is 0.191 e. The molecule has 24 heavy (non-hydrogen) atoms. The van der Waals surface area contributed by atoms with Crippen molar-refractivity contribution >= 4 is 27.1 Å². The number of nitrogens with one attached hydrogen (secondary N) is 2. The summed E-state index contributed by atoms with van der Waals surface area (Å²) in [6.07, 6.45) is 0.921. The van der Waals surface area contributed by atoms with E-state index in [1.54, 1.807) is 41.7 Å². The summed E-state index contributed by atoms with van der Waals surface area (Å²) >= 11 is 1.73. The molecule has 130 valence electrons. The molecule has 2 rings (SSSR count). The van der Waals surface area contributed by atoms with Crippen molar-refractivity contribution in [1.29, 1.82) is 0 Å². The van der Waals surface area contributed by atoms with Gasteiger partial charge < -0.3 is 10.6 Å². The third-order valence-electron chi connectivity index (χ3n) is 3.32. The van der Waals surface area contributed by atoms with E-state index in [-0.39, 0.29) is 12.3 Å². The van der Waals surface area contributed by atoms with E-state index >= 15 is 0 Å². The third-order valence-corrected chi connectivity index (χ3v) is 5.97. The summed E-state index contributed by atoms with van der Waals surface area (Å²) in [5.41, 5.74) is 0. The quantitative estimate of drug-likeness (QED) is 0.556. The van der Waals surface area contributed by atoms with E-state index in [0.29, 0.717) is 10.9 Å². The molecule has 0 aliphatic rings. The first-order valence-corrected chi connectivity index (χ1v) is 10.5. The fourth-order valence-corrected chi connectivity index (χ4v) is 3.97. The molecule has 0 atom stereocenters. The summed E-state index contributed by atoms with van der Waals surface area (Å²) in [4.78, 5) is 6.02. The minimum Gasteiger partial charge on any atom is -0.357 e. The lowest BCUT2D eigenvalue weighted by Gasteiger charge is -2.11. The second-order valence-electron chi connectivity index (χ2n) is 5.15. The van der Waals surface area contributed by atoms with Crippen LogP contribution in [0.3, 0.4) is 0 Å². The van der Waals surface area contributed by atoms with Crippen LogP contribution in [0.25, 0.3) is 0 Å². The third kappa shape index (κ3) is 5.98. The van der Waals surface area contributed by atoms with Crippen molar-refractivity contribution < 1.29 is 8.42 Å². The molecule has 0 amide bonds. The molecule has 0 fully saturated rings. The second kappa shape index (κ2) is 9.44. The van der Waals surface area contributed by atoms with Gasteiger partial charge in [-0.25, -0.2) is 8.42 Å². The van der Waals surface area contributed by atoms with Crippen LogP contribution in [0, 0.1) is 0 Å². The lowest BCUT2D eigenvalue weighted by molar-refractivity contribution is 0.596. The van der Waals surface area contributed by atoms with E-state index in [1.165, 1.54) is 4.88 Å². The zero-order valence-corrected chi connectivity index (χ0v) is 15.4. The average molecular weight is 366 g/mol. The van der Waals surface area contributed by atoms with Crippen molar-refractivity contribution in [2.45, 2.75) is 18.2 Å². The van der Waals surface area contributed by atoms with Crippen LogP contribution in [0.4, 0.5) is 0 Å². The van der Waals surface area contributed by atoms with Crippen molar-refractivity contribution in [2.75, 3.05) is 25.4 Å². The van der Waals surface area contributed by atoms with Gasteiger partial charge in [0.1, 0.15) is 0 Å². The zero-order valence-electron chi connectivity index (χ0n) is 13.7. The van der Waals surface area contributed by atoms with Gasteiger partial charge in [0, 0.05) is 18.0 Å². The number of hydrogen-bond acceptors (Lipinski definition) is 4. The highest BCUT2D eigenvalue weighted by Gasteiger charge is 2.13. The summed E-state index contributed by atoms with van der Waals surface area (Å²) in [6.45, 7) is 3.71. The maximum atomic E-state index is 12.2. The van der Waals surface area contributed by atoms with Gasteiger partial charge in [0.05, 0.1) is 17.2 Å². The highest BCUT2D eigenvalue weighted by Crippen LogP contribution is 2.10. The number of guanidine groups is 1. The Morgan fingerprint density at radius 2 is 1.92 bits per heavy atom. The largest absolute Gasteiger partial charge is 0.357 e. The number of aliphatic imine (C=N–C) groups is 1. The van der Waals surface area contributed by atoms with Gasteiger partial charge >= 0.3 is 0 Å². The molecule has 2 aromatic rings. The van der Waals surface area contributed by atoms with E-state index in [0.717, 1.165) is 19.5 Å². The highest BCUT2D eigenvalue weighted by atomic mass is 32.2. The minimum atomic E-state index is -3.29. The van der Waals surface area contributed by atoms with E-state index < -0.39 is 9.84 Å². The number of rotatable bonds is 8. The molecule has 0 saturated carbocycles. The zero-order chi connectivity index (χ0) is 17.3. The Labute approximate surface area is 147 Å². The van der Waals surface area contributed by atoms with Crippen molar-refractivity contribution in [3.8, 4) is 0 Å². The highest BCUT2D eigenvalue weighted by molar-refractivity contribution is 7.91. The van der Waals surface area contributed by atoms with Crippen LogP contribution in [-0.4, -0.2) is 39.8 Å². The molecule has 0 unspecified atom stereocenters. The Hall–Kier alpha value is -1.86. The molecular weight excluding hydrogens is 342 g/mol. The Morgan fingerprint density at radius 3 is 2.58 bits per heavy atom. The van der Waals surface area contributed by atoms with Crippen LogP contribution in [0.15, 0.2) is 57.7 Å². The predicted octanol–water partition coefficient (Wildman–Crippen LogP) is 2.32. The normalized spacial score (nSPS) is 12.1. The lowest BCUT2D eigenvalue weighted by Crippen LogP contribution is -2.38. The number of thiophene rings is 1. The van der Waals surface area contributed by atoms with Crippen LogP contribution < -0.4 is 10.6 Å². The fourth-order valence-electron chi connectivity index (χ4n) is 2.12. The smallest absolute Gasteiger partial charge is 0.191 e. The lowest BCUT2D eigenvalue weighted by atomic mass is 10.3. The summed E-state index contributed by atoms with van der Waals surface area (Å²) in [5.74, 6) is 0.649. The topological polar surface area (TPSA) is 70.6 Å². The van der Waals surface area contributed by atoms with E-state index in [4.69, 9.17) is 0 Å². The Kier molecular flexibility index (Phi) is 7.27. The number of sulfone groups is 1. The van der Waals surface area contributed by atoms with Crippen molar-refractivity contribution in [3.05, 3.63) is 52.7 Å². The van der Waals surface area contributed by atoms with Gasteiger partial charge in [-0.05, 0) is 36.9 Å². The van der Waals surface area contributed by atoms with Crippen molar-refractivity contribution in [1.82, 2.24) is 10.6 Å². The van der Waals surface area contributed by atoms with E-state index in [1.807, 2.05) is 13.0 Å². The van der Waals surface area contributed by atoms with Gasteiger partial charge in [-0.3, -0.25) is 4.99 Å². The monoisotopic (exact) mass is 365 g/mol. The number of hydrogen-bond donors (Lipinski definition) is 2. The number of benzene rings is 1. The molecular formula is C17H23N3O2S2. The molecule has 1 heterocycles. The van der Waals surface area contributed by atoms with Crippen molar-refractivity contribution in [2.24, 2.45) is 4.99 Å². The molecule has 0 aliphatic carbocycles. The SMILES string of the molecule is CCNC(=NCCS(=O)(=O)c1ccccc1)NCCc1cccs1. The summed E-state index contributed by atoms with van der Waals surface area (Å²) < 4.78 is 24.5. The van der Waals surface area contributed by atoms with Crippen LogP contribution in [-0.2, 0) is 16.3 Å². The fraction of sp³-hybridized carbons (Fsp3) is 0.353. The number of nitrogens with zero attached hydrogens (tertiary/aromatic N) is 1. The van der Waals surface area contributed by atoms with Crippen LogP contribution in [0.1, 0.15) is 11.8 Å². The molecule has 1 aromatic carbocycles. The van der Waals surface area contributed by atoms with Crippen LogP contribution >= 0.6 is 11.3 Å². The molecule has 0 saturated heterocycles.